The number of methoxy groups -OCH3 is 1. The molecule has 10 nitrogen and oxygen atoms in total. The second-order valence-electron chi connectivity index (χ2n) is 9.45. The zero-order chi connectivity index (χ0) is 26.2. The number of amides is 2. The van der Waals surface area contributed by atoms with E-state index in [0.29, 0.717) is 25.2 Å². The van der Waals surface area contributed by atoms with Crippen molar-refractivity contribution < 1.29 is 23.8 Å². The Bertz CT molecular complexity index is 1340. The van der Waals surface area contributed by atoms with Crippen LogP contribution in [0.2, 0.25) is 0 Å². The van der Waals surface area contributed by atoms with Crippen LogP contribution in [0.4, 0.5) is 4.39 Å². The predicted molar refractivity (Wildman–Crippen MR) is 133 cm³/mol. The number of dihydropyridines is 1. The van der Waals surface area contributed by atoms with Crippen molar-refractivity contribution in [3.8, 4) is 5.75 Å². The van der Waals surface area contributed by atoms with Crippen molar-refractivity contribution in [1.29, 1.82) is 0 Å². The maximum Gasteiger partial charge on any atom is 0.275 e. The molecule has 3 aliphatic rings. The van der Waals surface area contributed by atoms with E-state index in [2.05, 4.69) is 15.2 Å². The Hall–Kier alpha value is -3.83. The van der Waals surface area contributed by atoms with Gasteiger partial charge in [0.25, 0.3) is 11.8 Å². The van der Waals surface area contributed by atoms with Gasteiger partial charge in [0.1, 0.15) is 23.1 Å². The first-order valence-corrected chi connectivity index (χ1v) is 12.1. The van der Waals surface area contributed by atoms with Crippen LogP contribution in [0.3, 0.4) is 0 Å². The number of hydrogen-bond donors (Lipinski definition) is 2. The molecule has 37 heavy (non-hydrogen) atoms. The molecule has 0 aliphatic carbocycles. The molecule has 1 aromatic carbocycles. The number of halogens is 1. The van der Waals surface area contributed by atoms with Crippen LogP contribution in [-0.4, -0.2) is 82.6 Å². The number of allylic oxidation sites excluding steroid dienone is 1. The van der Waals surface area contributed by atoms with Gasteiger partial charge in [0.15, 0.2) is 11.4 Å². The smallest absolute Gasteiger partial charge is 0.275 e. The second-order valence-corrected chi connectivity index (χ2v) is 9.45. The quantitative estimate of drug-likeness (QED) is 0.603. The molecule has 0 bridgehead atoms. The monoisotopic (exact) mass is 509 g/mol. The lowest BCUT2D eigenvalue weighted by atomic mass is 9.98. The molecule has 2 unspecified atom stereocenters. The van der Waals surface area contributed by atoms with Gasteiger partial charge < -0.3 is 24.6 Å². The van der Waals surface area contributed by atoms with Crippen molar-refractivity contribution in [2.45, 2.75) is 31.3 Å². The average molecular weight is 510 g/mol. The van der Waals surface area contributed by atoms with Crippen LogP contribution in [0.5, 0.6) is 5.75 Å². The van der Waals surface area contributed by atoms with E-state index in [1.54, 1.807) is 18.2 Å². The summed E-state index contributed by atoms with van der Waals surface area (Å²) in [7, 11) is 1.63. The van der Waals surface area contributed by atoms with Crippen LogP contribution in [0, 0.1) is 5.82 Å². The molecule has 0 saturated carbocycles. The molecule has 2 N–H and O–H groups in total. The van der Waals surface area contributed by atoms with E-state index in [4.69, 9.17) is 4.74 Å². The van der Waals surface area contributed by atoms with Crippen LogP contribution in [0.15, 0.2) is 52.4 Å². The molecule has 2 atom stereocenters. The van der Waals surface area contributed by atoms with E-state index in [1.807, 2.05) is 12.2 Å². The number of aromatic hydroxyl groups is 1. The second kappa shape index (κ2) is 9.91. The maximum atomic E-state index is 13.4. The third kappa shape index (κ3) is 4.67. The number of carbonyl (C=O) groups excluding carboxylic acids is 2. The topological polar surface area (TPSA) is 116 Å². The van der Waals surface area contributed by atoms with Crippen molar-refractivity contribution in [2.24, 2.45) is 4.99 Å². The Morgan fingerprint density at radius 3 is 2.76 bits per heavy atom. The minimum atomic E-state index is -0.910. The van der Waals surface area contributed by atoms with Gasteiger partial charge in [-0.05, 0) is 36.3 Å². The fourth-order valence-corrected chi connectivity index (χ4v) is 5.13. The molecule has 1 saturated heterocycles. The van der Waals surface area contributed by atoms with E-state index >= 15 is 0 Å². The van der Waals surface area contributed by atoms with Gasteiger partial charge >= 0.3 is 0 Å². The summed E-state index contributed by atoms with van der Waals surface area (Å²) in [5, 5.41) is 13.3. The molecule has 3 aliphatic heterocycles. The SMILES string of the molecule is COC1(CN2CCCN3C(=O)c4c(O)c(=O)c(C(=O)NCc5ccc(F)cc5)cn4CC23)C=CC=NC1. The number of hydrogen-bond acceptors (Lipinski definition) is 7. The molecule has 2 aromatic rings. The van der Waals surface area contributed by atoms with Gasteiger partial charge in [-0.15, -0.1) is 0 Å². The van der Waals surface area contributed by atoms with Crippen LogP contribution in [0.25, 0.3) is 0 Å². The third-order valence-corrected chi connectivity index (χ3v) is 7.14. The minimum absolute atomic E-state index is 0.0687. The van der Waals surface area contributed by atoms with Gasteiger partial charge in [0.2, 0.25) is 5.43 Å². The molecule has 0 radical (unpaired) electrons. The largest absolute Gasteiger partial charge is 0.503 e. The van der Waals surface area contributed by atoms with E-state index in [1.165, 1.54) is 35.0 Å². The number of nitrogens with one attached hydrogen (secondary N) is 1. The summed E-state index contributed by atoms with van der Waals surface area (Å²) in [5.74, 6) is -2.30. The summed E-state index contributed by atoms with van der Waals surface area (Å²) in [6.07, 6.45) is 7.23. The number of aromatic nitrogens is 1. The predicted octanol–water partition coefficient (Wildman–Crippen LogP) is 1.14. The summed E-state index contributed by atoms with van der Waals surface area (Å²) < 4.78 is 20.4. The standard InChI is InChI=1S/C26H28FN5O5/c1-37-26(8-2-9-28-15-26)16-30-10-3-11-32-20(30)14-31-13-19(22(33)23(34)21(31)25(32)36)24(35)29-12-17-4-6-18(27)7-5-17/h2,4-9,13,20,34H,3,10-12,14-16H2,1H3,(H,29,35). The summed E-state index contributed by atoms with van der Waals surface area (Å²) in [5.41, 5.74) is -1.29. The molecule has 5 rings (SSSR count). The molecule has 4 heterocycles. The molecule has 1 fully saturated rings. The molecular weight excluding hydrogens is 481 g/mol. The summed E-state index contributed by atoms with van der Waals surface area (Å²) in [4.78, 5) is 47.3. The first-order chi connectivity index (χ1) is 17.8. The third-order valence-electron chi connectivity index (χ3n) is 7.14. The van der Waals surface area contributed by atoms with Gasteiger partial charge in [-0.25, -0.2) is 4.39 Å². The number of benzene rings is 1. The number of ether oxygens (including phenoxy) is 1. The Kier molecular flexibility index (Phi) is 6.65. The zero-order valence-corrected chi connectivity index (χ0v) is 20.4. The van der Waals surface area contributed by atoms with Crippen molar-refractivity contribution >= 4 is 18.0 Å². The van der Waals surface area contributed by atoms with Gasteiger partial charge in [-0.1, -0.05) is 12.1 Å². The highest BCUT2D eigenvalue weighted by atomic mass is 19.1. The molecule has 1 aromatic heterocycles. The molecule has 11 heteroatoms. The Labute approximate surface area is 212 Å². The van der Waals surface area contributed by atoms with Crippen molar-refractivity contribution in [1.82, 2.24) is 19.7 Å². The van der Waals surface area contributed by atoms with E-state index in [0.717, 1.165) is 13.0 Å². The maximum absolute atomic E-state index is 13.4. The van der Waals surface area contributed by atoms with Gasteiger partial charge in [-0.3, -0.25) is 24.3 Å². The summed E-state index contributed by atoms with van der Waals surface area (Å²) in [6.45, 7) is 2.50. The lowest BCUT2D eigenvalue weighted by Gasteiger charge is -2.49. The Balaban J connectivity index is 1.41. The number of aliphatic imine (C=N–C) groups is 1. The first-order valence-electron chi connectivity index (χ1n) is 12.1. The Morgan fingerprint density at radius 1 is 1.27 bits per heavy atom. The first kappa shape index (κ1) is 24.8. The number of rotatable bonds is 6. The number of fused-ring (bicyclic) bond motifs is 2. The lowest BCUT2D eigenvalue weighted by molar-refractivity contribution is -0.0561. The summed E-state index contributed by atoms with van der Waals surface area (Å²) >= 11 is 0. The summed E-state index contributed by atoms with van der Waals surface area (Å²) in [6, 6.07) is 5.60. The molecule has 0 spiro atoms. The average Bonchev–Trinajstić information content (AvgIpc) is 2.91. The van der Waals surface area contributed by atoms with Crippen LogP contribution < -0.4 is 10.7 Å². The fraction of sp³-hybridized carbons (Fsp3) is 0.385. The number of pyridine rings is 1. The minimum Gasteiger partial charge on any atom is -0.503 e. The van der Waals surface area contributed by atoms with Crippen molar-refractivity contribution in [3.63, 3.8) is 0 Å². The fourth-order valence-electron chi connectivity index (χ4n) is 5.13. The van der Waals surface area contributed by atoms with Crippen molar-refractivity contribution in [3.05, 3.63) is 75.5 Å². The van der Waals surface area contributed by atoms with Gasteiger partial charge in [-0.2, -0.15) is 0 Å². The van der Waals surface area contributed by atoms with E-state index in [9.17, 15) is 23.9 Å². The molecular formula is C26H28FN5O5. The normalized spacial score (nSPS) is 23.0. The van der Waals surface area contributed by atoms with Gasteiger partial charge in [0.05, 0.1) is 13.1 Å². The van der Waals surface area contributed by atoms with Crippen LogP contribution >= 0.6 is 0 Å². The van der Waals surface area contributed by atoms with Crippen molar-refractivity contribution in [2.75, 3.05) is 33.3 Å². The van der Waals surface area contributed by atoms with E-state index < -0.39 is 34.4 Å². The number of carbonyl (C=O) groups is 2. The van der Waals surface area contributed by atoms with Gasteiger partial charge in [0, 0.05) is 45.7 Å². The number of nitrogens with zero attached hydrogens (tertiary/aromatic N) is 4. The van der Waals surface area contributed by atoms with Crippen LogP contribution in [-0.2, 0) is 17.8 Å². The van der Waals surface area contributed by atoms with Crippen LogP contribution in [0.1, 0.15) is 32.8 Å². The lowest BCUT2D eigenvalue weighted by Crippen LogP contribution is -2.63. The molecule has 2 amide bonds. The van der Waals surface area contributed by atoms with E-state index in [-0.39, 0.29) is 30.5 Å². The highest BCUT2D eigenvalue weighted by Crippen LogP contribution is 2.30. The highest BCUT2D eigenvalue weighted by Gasteiger charge is 2.43. The highest BCUT2D eigenvalue weighted by molar-refractivity contribution is 5.99. The Morgan fingerprint density at radius 2 is 2.05 bits per heavy atom. The molecule has 194 valence electrons. The zero-order valence-electron chi connectivity index (χ0n) is 20.4.